The van der Waals surface area contributed by atoms with Gasteiger partial charge in [0, 0.05) is 0 Å². The van der Waals surface area contributed by atoms with Crippen LogP contribution in [0.4, 0.5) is 0 Å². The van der Waals surface area contributed by atoms with Gasteiger partial charge in [0.1, 0.15) is 0 Å². The van der Waals surface area contributed by atoms with Crippen LogP contribution in [0, 0.1) is 0 Å². The van der Waals surface area contributed by atoms with Crippen LogP contribution in [0.1, 0.15) is 0 Å². The van der Waals surface area contributed by atoms with E-state index in [0.717, 1.165) is 0 Å². The first-order valence-corrected chi connectivity index (χ1v) is 2.67. The highest BCUT2D eigenvalue weighted by Gasteiger charge is 2.07. The molecule has 2 heterocycles. The third-order valence-corrected chi connectivity index (χ3v) is 1.18. The van der Waals surface area contributed by atoms with Crippen LogP contribution in [0.3, 0.4) is 0 Å². The molecule has 0 atom stereocenters. The fraction of sp³-hybridized carbons (Fsp3) is 0. The Labute approximate surface area is 55.3 Å². The molecule has 0 bridgehead atoms. The molecule has 2 aromatic rings. The van der Waals surface area contributed by atoms with Crippen molar-refractivity contribution in [3.63, 3.8) is 0 Å². The van der Waals surface area contributed by atoms with Gasteiger partial charge in [-0.1, -0.05) is 0 Å². The van der Waals surface area contributed by atoms with E-state index in [2.05, 4.69) is 0 Å². The van der Waals surface area contributed by atoms with E-state index in [1.807, 2.05) is 0 Å². The van der Waals surface area contributed by atoms with E-state index in [0.29, 0.717) is 11.2 Å². The first kappa shape index (κ1) is 5.22. The highest BCUT2D eigenvalue weighted by molar-refractivity contribution is 5.73. The maximum absolute atomic E-state index is 8.73. The molecule has 0 radical (unpaired) electrons. The quantitative estimate of drug-likeness (QED) is 0.580. The SMILES string of the molecule is Oc1cc2oc(O)cc2o1. The second kappa shape index (κ2) is 1.47. The predicted octanol–water partition coefficient (Wildman–Crippen LogP) is 1.44. The standard InChI is InChI=1S/C6H4O4/c7-5-1-3-4(10-5)2-6(8)9-3/h1-2,7-8H. The molecule has 2 N–H and O–H groups in total. The Kier molecular flexibility index (Phi) is 0.768. The molecule has 0 fully saturated rings. The molecule has 0 amide bonds. The predicted molar refractivity (Wildman–Crippen MR) is 31.8 cm³/mol. The molecule has 2 aromatic heterocycles. The maximum atomic E-state index is 8.73. The zero-order valence-electron chi connectivity index (χ0n) is 4.87. The topological polar surface area (TPSA) is 66.7 Å². The van der Waals surface area contributed by atoms with Gasteiger partial charge < -0.3 is 19.0 Å². The van der Waals surface area contributed by atoms with Gasteiger partial charge in [0.25, 0.3) is 11.9 Å². The molecule has 10 heavy (non-hydrogen) atoms. The molecule has 0 aliphatic heterocycles. The monoisotopic (exact) mass is 140 g/mol. The Morgan fingerprint density at radius 2 is 1.30 bits per heavy atom. The van der Waals surface area contributed by atoms with E-state index in [1.165, 1.54) is 12.1 Å². The first-order valence-electron chi connectivity index (χ1n) is 2.67. The van der Waals surface area contributed by atoms with Crippen molar-refractivity contribution in [3.8, 4) is 11.9 Å². The number of furan rings is 2. The van der Waals surface area contributed by atoms with Gasteiger partial charge in [-0.25, -0.2) is 0 Å². The lowest BCUT2D eigenvalue weighted by molar-refractivity contribution is 0.340. The highest BCUT2D eigenvalue weighted by atomic mass is 16.5. The van der Waals surface area contributed by atoms with Gasteiger partial charge in [0.2, 0.25) is 0 Å². The summed E-state index contributed by atoms with van der Waals surface area (Å²) in [6, 6.07) is 2.57. The largest absolute Gasteiger partial charge is 0.481 e. The number of fused-ring (bicyclic) bond motifs is 1. The summed E-state index contributed by atoms with van der Waals surface area (Å²) < 4.78 is 9.38. The molecule has 0 aliphatic carbocycles. The molecular weight excluding hydrogens is 136 g/mol. The van der Waals surface area contributed by atoms with Crippen molar-refractivity contribution in [2.45, 2.75) is 0 Å². The van der Waals surface area contributed by atoms with Crippen LogP contribution in [-0.4, -0.2) is 10.2 Å². The minimum atomic E-state index is -0.214. The van der Waals surface area contributed by atoms with Crippen molar-refractivity contribution in [3.05, 3.63) is 12.1 Å². The van der Waals surface area contributed by atoms with Crippen molar-refractivity contribution < 1.29 is 19.0 Å². The van der Waals surface area contributed by atoms with Gasteiger partial charge in [-0.2, -0.15) is 0 Å². The van der Waals surface area contributed by atoms with Crippen molar-refractivity contribution in [2.24, 2.45) is 0 Å². The number of hydrogen-bond acceptors (Lipinski definition) is 4. The lowest BCUT2D eigenvalue weighted by Gasteiger charge is -1.76. The summed E-state index contributed by atoms with van der Waals surface area (Å²) in [7, 11) is 0. The Hall–Kier alpha value is -1.58. The summed E-state index contributed by atoms with van der Waals surface area (Å²) in [5, 5.41) is 17.5. The van der Waals surface area contributed by atoms with Crippen LogP contribution >= 0.6 is 0 Å². The molecule has 2 rings (SSSR count). The van der Waals surface area contributed by atoms with Crippen LogP contribution < -0.4 is 0 Å². The van der Waals surface area contributed by atoms with Gasteiger partial charge in [0.15, 0.2) is 11.2 Å². The molecule has 0 saturated heterocycles. The van der Waals surface area contributed by atoms with Crippen LogP contribution in [0.25, 0.3) is 11.2 Å². The molecule has 0 unspecified atom stereocenters. The second-order valence-corrected chi connectivity index (χ2v) is 1.90. The van der Waals surface area contributed by atoms with Crippen molar-refractivity contribution in [1.82, 2.24) is 0 Å². The van der Waals surface area contributed by atoms with E-state index < -0.39 is 0 Å². The number of aromatic hydroxyl groups is 2. The van der Waals surface area contributed by atoms with Gasteiger partial charge in [-0.3, -0.25) is 0 Å². The Bertz CT molecular complexity index is 294. The van der Waals surface area contributed by atoms with Gasteiger partial charge in [0.05, 0.1) is 12.1 Å². The minimum absolute atomic E-state index is 0.214. The third kappa shape index (κ3) is 0.556. The second-order valence-electron chi connectivity index (χ2n) is 1.90. The fourth-order valence-corrected chi connectivity index (χ4v) is 0.810. The highest BCUT2D eigenvalue weighted by Crippen LogP contribution is 2.29. The van der Waals surface area contributed by atoms with Crippen LogP contribution in [0.2, 0.25) is 0 Å². The first-order chi connectivity index (χ1) is 4.75. The maximum Gasteiger partial charge on any atom is 0.286 e. The van der Waals surface area contributed by atoms with E-state index in [1.54, 1.807) is 0 Å². The molecule has 0 aliphatic rings. The van der Waals surface area contributed by atoms with Crippen LogP contribution in [0.15, 0.2) is 21.0 Å². The number of hydrogen-bond donors (Lipinski definition) is 2. The molecule has 52 valence electrons. The summed E-state index contributed by atoms with van der Waals surface area (Å²) in [5.41, 5.74) is 0.685. The van der Waals surface area contributed by atoms with E-state index in [-0.39, 0.29) is 11.9 Å². The van der Waals surface area contributed by atoms with Crippen molar-refractivity contribution in [1.29, 1.82) is 0 Å². The Morgan fingerprint density at radius 1 is 0.900 bits per heavy atom. The fourth-order valence-electron chi connectivity index (χ4n) is 0.810. The van der Waals surface area contributed by atoms with Crippen LogP contribution in [0.5, 0.6) is 11.9 Å². The Balaban J connectivity index is 2.83. The van der Waals surface area contributed by atoms with Crippen LogP contribution in [-0.2, 0) is 0 Å². The smallest absolute Gasteiger partial charge is 0.286 e. The van der Waals surface area contributed by atoms with Crippen molar-refractivity contribution >= 4 is 11.2 Å². The lowest BCUT2D eigenvalue weighted by Crippen LogP contribution is -1.48. The van der Waals surface area contributed by atoms with Gasteiger partial charge in [-0.15, -0.1) is 0 Å². The van der Waals surface area contributed by atoms with E-state index >= 15 is 0 Å². The summed E-state index contributed by atoms with van der Waals surface area (Å²) in [4.78, 5) is 0. The molecule has 0 saturated carbocycles. The zero-order chi connectivity index (χ0) is 7.14. The minimum Gasteiger partial charge on any atom is -0.481 e. The summed E-state index contributed by atoms with van der Waals surface area (Å²) in [6.07, 6.45) is 0. The molecule has 4 nitrogen and oxygen atoms in total. The van der Waals surface area contributed by atoms with Gasteiger partial charge in [-0.05, 0) is 0 Å². The van der Waals surface area contributed by atoms with Gasteiger partial charge >= 0.3 is 0 Å². The summed E-state index contributed by atoms with van der Waals surface area (Å²) in [6.45, 7) is 0. The summed E-state index contributed by atoms with van der Waals surface area (Å²) >= 11 is 0. The average Bonchev–Trinajstić information content (AvgIpc) is 2.21. The zero-order valence-corrected chi connectivity index (χ0v) is 4.87. The normalized spacial score (nSPS) is 10.8. The third-order valence-electron chi connectivity index (χ3n) is 1.18. The Morgan fingerprint density at radius 3 is 1.70 bits per heavy atom. The van der Waals surface area contributed by atoms with E-state index in [9.17, 15) is 0 Å². The molecular formula is C6H4O4. The lowest BCUT2D eigenvalue weighted by atomic mass is 10.5. The number of rotatable bonds is 0. The van der Waals surface area contributed by atoms with Crippen molar-refractivity contribution in [2.75, 3.05) is 0 Å². The average molecular weight is 140 g/mol. The molecule has 4 heteroatoms. The van der Waals surface area contributed by atoms with E-state index in [4.69, 9.17) is 19.0 Å². The molecule has 0 aromatic carbocycles. The summed E-state index contributed by atoms with van der Waals surface area (Å²) in [5.74, 6) is -0.428. The molecule has 0 spiro atoms.